The molecule has 1 aliphatic heterocycles. The van der Waals surface area contributed by atoms with Gasteiger partial charge in [-0.3, -0.25) is 4.79 Å². The van der Waals surface area contributed by atoms with Gasteiger partial charge in [-0.1, -0.05) is 19.9 Å². The minimum absolute atomic E-state index is 0. The van der Waals surface area contributed by atoms with Crippen LogP contribution in [-0.2, 0) is 4.79 Å². The SMILES string of the molecule is CC.CN1C(=O)CCC2=CC[CH-]CC=C21.[Rb+]. The van der Waals surface area contributed by atoms with Crippen LogP contribution in [0.5, 0.6) is 0 Å². The van der Waals surface area contributed by atoms with Crippen molar-refractivity contribution >= 4 is 5.91 Å². The Morgan fingerprint density at radius 3 is 2.50 bits per heavy atom. The summed E-state index contributed by atoms with van der Waals surface area (Å²) in [6.45, 7) is 4.00. The summed E-state index contributed by atoms with van der Waals surface area (Å²) in [4.78, 5) is 13.2. The van der Waals surface area contributed by atoms with Crippen LogP contribution >= 0.6 is 0 Å². The summed E-state index contributed by atoms with van der Waals surface area (Å²) in [6.07, 6.45) is 10.2. The van der Waals surface area contributed by atoms with Crippen LogP contribution in [-0.4, -0.2) is 17.9 Å². The summed E-state index contributed by atoms with van der Waals surface area (Å²) in [6, 6.07) is 0. The summed E-state index contributed by atoms with van der Waals surface area (Å²) in [5.74, 6) is 0.241. The molecule has 3 heteroatoms. The molecule has 0 atom stereocenters. The van der Waals surface area contributed by atoms with Gasteiger partial charge in [0.2, 0.25) is 5.91 Å². The normalized spacial score (nSPS) is 19.2. The Bertz CT molecular complexity index is 294. The molecule has 2 nitrogen and oxygen atoms in total. The fraction of sp³-hybridized carbons (Fsp3) is 0.538. The van der Waals surface area contributed by atoms with Gasteiger partial charge in [0, 0.05) is 19.2 Å². The molecular weight excluding hydrogens is 272 g/mol. The van der Waals surface area contributed by atoms with Crippen molar-refractivity contribution in [2.45, 2.75) is 39.5 Å². The van der Waals surface area contributed by atoms with Crippen molar-refractivity contribution in [1.82, 2.24) is 4.90 Å². The number of rotatable bonds is 0. The number of likely N-dealkylation sites (tertiary alicyclic amines) is 1. The first-order valence-corrected chi connectivity index (χ1v) is 5.77. The fourth-order valence-electron chi connectivity index (χ4n) is 1.88. The maximum absolute atomic E-state index is 11.4. The predicted molar refractivity (Wildman–Crippen MR) is 63.1 cm³/mol. The quantitative estimate of drug-likeness (QED) is 0.579. The molecular formula is C13H20NORb. The first-order valence-electron chi connectivity index (χ1n) is 5.77. The minimum Gasteiger partial charge on any atom is -0.321 e. The second-order valence-corrected chi connectivity index (χ2v) is 3.53. The summed E-state index contributed by atoms with van der Waals surface area (Å²) in [7, 11) is 1.87. The summed E-state index contributed by atoms with van der Waals surface area (Å²) < 4.78 is 0. The van der Waals surface area contributed by atoms with Gasteiger partial charge in [0.1, 0.15) is 0 Å². The number of carbonyl (C=O) groups excluding carboxylic acids is 1. The van der Waals surface area contributed by atoms with Gasteiger partial charge in [0.15, 0.2) is 0 Å². The van der Waals surface area contributed by atoms with E-state index in [9.17, 15) is 4.79 Å². The first kappa shape index (κ1) is 16.8. The van der Waals surface area contributed by atoms with Gasteiger partial charge in [-0.15, -0.1) is 6.08 Å². The van der Waals surface area contributed by atoms with E-state index in [4.69, 9.17) is 0 Å². The number of fused-ring (bicyclic) bond motifs is 1. The van der Waals surface area contributed by atoms with Crippen molar-refractivity contribution < 1.29 is 63.0 Å². The molecule has 0 radical (unpaired) electrons. The van der Waals surface area contributed by atoms with Crippen LogP contribution in [0.25, 0.3) is 0 Å². The van der Waals surface area contributed by atoms with Crippen molar-refractivity contribution in [3.05, 3.63) is 29.8 Å². The van der Waals surface area contributed by atoms with Crippen LogP contribution in [0.2, 0.25) is 0 Å². The Morgan fingerprint density at radius 1 is 1.19 bits per heavy atom. The van der Waals surface area contributed by atoms with Crippen molar-refractivity contribution in [3.8, 4) is 0 Å². The maximum atomic E-state index is 11.4. The molecule has 16 heavy (non-hydrogen) atoms. The monoisotopic (exact) mass is 291 g/mol. The number of piperidine rings is 1. The van der Waals surface area contributed by atoms with E-state index in [1.165, 1.54) is 5.57 Å². The van der Waals surface area contributed by atoms with Crippen LogP contribution in [0.4, 0.5) is 0 Å². The van der Waals surface area contributed by atoms with Gasteiger partial charge in [-0.25, -0.2) is 0 Å². The third kappa shape index (κ3) is 4.21. The van der Waals surface area contributed by atoms with Crippen molar-refractivity contribution in [3.63, 3.8) is 0 Å². The molecule has 1 aliphatic carbocycles. The average molecular weight is 292 g/mol. The number of hydrogen-bond donors (Lipinski definition) is 0. The molecule has 0 aromatic heterocycles. The van der Waals surface area contributed by atoms with Crippen LogP contribution in [0.1, 0.15) is 39.5 Å². The Morgan fingerprint density at radius 2 is 1.81 bits per heavy atom. The molecule has 0 aromatic carbocycles. The zero-order valence-electron chi connectivity index (χ0n) is 10.9. The molecule has 2 rings (SSSR count). The van der Waals surface area contributed by atoms with Gasteiger partial charge < -0.3 is 11.3 Å². The molecule has 0 spiro atoms. The van der Waals surface area contributed by atoms with Gasteiger partial charge in [0.25, 0.3) is 0 Å². The number of hydrogen-bond acceptors (Lipinski definition) is 1. The number of allylic oxidation sites excluding steroid dienone is 3. The van der Waals surface area contributed by atoms with E-state index in [2.05, 4.69) is 18.6 Å². The van der Waals surface area contributed by atoms with Crippen LogP contribution in [0.15, 0.2) is 23.4 Å². The van der Waals surface area contributed by atoms with E-state index in [1.807, 2.05) is 20.9 Å². The van der Waals surface area contributed by atoms with Crippen LogP contribution in [0.3, 0.4) is 0 Å². The second kappa shape index (κ2) is 8.79. The molecule has 1 heterocycles. The van der Waals surface area contributed by atoms with E-state index >= 15 is 0 Å². The smallest absolute Gasteiger partial charge is 0.321 e. The predicted octanol–water partition coefficient (Wildman–Crippen LogP) is 0.0772. The van der Waals surface area contributed by atoms with Crippen molar-refractivity contribution in [2.24, 2.45) is 0 Å². The maximum Gasteiger partial charge on any atom is 1.00 e. The minimum atomic E-state index is 0. The third-order valence-electron chi connectivity index (χ3n) is 2.68. The molecule has 0 unspecified atom stereocenters. The number of nitrogens with zero attached hydrogens (tertiary/aromatic N) is 1. The number of likely N-dealkylation sites (N-methyl/N-ethyl adjacent to an activating group) is 1. The first-order chi connectivity index (χ1) is 7.29. The average Bonchev–Trinajstić information content (AvgIpc) is 2.52. The topological polar surface area (TPSA) is 20.3 Å². The molecule has 1 saturated heterocycles. The van der Waals surface area contributed by atoms with Crippen LogP contribution in [0, 0.1) is 6.42 Å². The summed E-state index contributed by atoms with van der Waals surface area (Å²) in [5.41, 5.74) is 2.47. The summed E-state index contributed by atoms with van der Waals surface area (Å²) >= 11 is 0. The Kier molecular flexibility index (Phi) is 9.20. The van der Waals surface area contributed by atoms with Crippen LogP contribution < -0.4 is 58.2 Å². The Balaban J connectivity index is 0.000000711. The molecule has 0 N–H and O–H groups in total. The summed E-state index contributed by atoms with van der Waals surface area (Å²) in [5, 5.41) is 0. The van der Waals surface area contributed by atoms with E-state index in [0.29, 0.717) is 6.42 Å². The molecule has 2 aliphatic rings. The van der Waals surface area contributed by atoms with Gasteiger partial charge in [0.05, 0.1) is 0 Å². The van der Waals surface area contributed by atoms with Gasteiger partial charge in [-0.05, 0) is 12.0 Å². The zero-order chi connectivity index (χ0) is 11.3. The zero-order valence-corrected chi connectivity index (χ0v) is 15.8. The Hall–Kier alpha value is 0.755. The van der Waals surface area contributed by atoms with E-state index < -0.39 is 0 Å². The second-order valence-electron chi connectivity index (χ2n) is 3.53. The molecule has 1 amide bonds. The molecule has 84 valence electrons. The molecule has 0 saturated carbocycles. The number of carbonyl (C=O) groups is 1. The fourth-order valence-corrected chi connectivity index (χ4v) is 1.88. The third-order valence-corrected chi connectivity index (χ3v) is 2.68. The van der Waals surface area contributed by atoms with Crippen molar-refractivity contribution in [2.75, 3.05) is 7.05 Å². The van der Waals surface area contributed by atoms with E-state index in [0.717, 1.165) is 25.0 Å². The largest absolute Gasteiger partial charge is 1.00 e. The van der Waals surface area contributed by atoms with E-state index in [1.54, 1.807) is 4.90 Å². The van der Waals surface area contributed by atoms with Gasteiger partial charge >= 0.3 is 58.2 Å². The molecule has 0 aromatic rings. The number of amides is 1. The van der Waals surface area contributed by atoms with Gasteiger partial charge in [-0.2, -0.15) is 12.8 Å². The standard InChI is InChI=1S/C11H14NO.C2H6.Rb/c1-12-10-6-4-2-3-5-9(10)7-8-11(12)13;1-2;/h2,5-6H,3-4,7-8H2,1H3;1-2H3;/q-1;;+1. The molecule has 1 fully saturated rings. The Labute approximate surface area is 148 Å². The molecule has 0 bridgehead atoms. The van der Waals surface area contributed by atoms with E-state index in [-0.39, 0.29) is 64.1 Å². The van der Waals surface area contributed by atoms with Crippen molar-refractivity contribution in [1.29, 1.82) is 0 Å².